The van der Waals surface area contributed by atoms with Crippen molar-refractivity contribution in [2.24, 2.45) is 5.10 Å². The number of aromatic hydroxyl groups is 1. The van der Waals surface area contributed by atoms with Crippen LogP contribution < -0.4 is 9.75 Å². The summed E-state index contributed by atoms with van der Waals surface area (Å²) in [6.45, 7) is 0. The van der Waals surface area contributed by atoms with Crippen LogP contribution in [0.25, 0.3) is 11.3 Å². The van der Waals surface area contributed by atoms with Crippen molar-refractivity contribution >= 4 is 33.5 Å². The number of hydrogen-bond acceptors (Lipinski definition) is 7. The molecule has 2 aromatic heterocycles. The molecular formula is C23H18FN3O2S2. The van der Waals surface area contributed by atoms with Crippen molar-refractivity contribution in [3.8, 4) is 22.8 Å². The lowest BCUT2D eigenvalue weighted by atomic mass is 10.0. The predicted molar refractivity (Wildman–Crippen MR) is 123 cm³/mol. The molecule has 1 atom stereocenters. The molecule has 0 amide bonds. The summed E-state index contributed by atoms with van der Waals surface area (Å²) in [6, 6.07) is 15.7. The summed E-state index contributed by atoms with van der Waals surface area (Å²) in [5, 5.41) is 21.8. The van der Waals surface area contributed by atoms with Gasteiger partial charge in [0.15, 0.2) is 0 Å². The molecule has 5 rings (SSSR count). The van der Waals surface area contributed by atoms with E-state index in [4.69, 9.17) is 14.8 Å². The van der Waals surface area contributed by atoms with E-state index in [9.17, 15) is 9.50 Å². The molecule has 1 aliphatic heterocycles. The Labute approximate surface area is 186 Å². The minimum absolute atomic E-state index is 0.0823. The standard InChI is InChI=1S/C23H18FN3O2S2/c1-29-16-8-9-17(21(28)11-16)19-13-31-23(25-19)27-20(14-4-6-15(24)7-5-14)12-18(26-27)22-3-2-10-30-22/h2-11,13,20,28H,12H2,1H3/t20-/m1/s1. The van der Waals surface area contributed by atoms with E-state index in [1.807, 2.05) is 21.8 Å². The third-order valence-electron chi connectivity index (χ3n) is 5.14. The Hall–Kier alpha value is -3.23. The first-order chi connectivity index (χ1) is 15.1. The number of phenolic OH excluding ortho intramolecular Hbond substituents is 1. The maximum Gasteiger partial charge on any atom is 0.207 e. The number of rotatable bonds is 5. The molecule has 0 saturated heterocycles. The van der Waals surface area contributed by atoms with Crippen LogP contribution in [-0.2, 0) is 0 Å². The number of ether oxygens (including phenoxy) is 1. The smallest absolute Gasteiger partial charge is 0.207 e. The zero-order valence-corrected chi connectivity index (χ0v) is 18.2. The molecule has 1 N–H and O–H groups in total. The van der Waals surface area contributed by atoms with E-state index in [0.29, 0.717) is 28.6 Å². The highest BCUT2D eigenvalue weighted by molar-refractivity contribution is 7.14. The number of benzene rings is 2. The average molecular weight is 452 g/mol. The van der Waals surface area contributed by atoms with Crippen molar-refractivity contribution in [1.29, 1.82) is 0 Å². The number of hydrazone groups is 1. The summed E-state index contributed by atoms with van der Waals surface area (Å²) < 4.78 is 18.7. The van der Waals surface area contributed by atoms with Gasteiger partial charge in [-0.1, -0.05) is 18.2 Å². The van der Waals surface area contributed by atoms with E-state index in [1.165, 1.54) is 23.5 Å². The highest BCUT2D eigenvalue weighted by Gasteiger charge is 2.32. The van der Waals surface area contributed by atoms with E-state index in [0.717, 1.165) is 16.2 Å². The van der Waals surface area contributed by atoms with Crippen molar-refractivity contribution in [3.63, 3.8) is 0 Å². The largest absolute Gasteiger partial charge is 0.507 e. The third kappa shape index (κ3) is 3.80. The van der Waals surface area contributed by atoms with Gasteiger partial charge in [-0.05, 0) is 41.3 Å². The number of phenols is 1. The molecule has 2 aromatic carbocycles. The number of halogens is 1. The van der Waals surface area contributed by atoms with Crippen LogP contribution >= 0.6 is 22.7 Å². The lowest BCUT2D eigenvalue weighted by molar-refractivity contribution is 0.408. The van der Waals surface area contributed by atoms with Crippen LogP contribution in [0, 0.1) is 5.82 Å². The van der Waals surface area contributed by atoms with E-state index < -0.39 is 0 Å². The van der Waals surface area contributed by atoms with Gasteiger partial charge in [0.2, 0.25) is 5.13 Å². The Morgan fingerprint density at radius 2 is 1.97 bits per heavy atom. The predicted octanol–water partition coefficient (Wildman–Crippen LogP) is 6.08. The maximum atomic E-state index is 13.5. The summed E-state index contributed by atoms with van der Waals surface area (Å²) in [5.74, 6) is 0.424. The molecule has 156 valence electrons. The molecule has 0 radical (unpaired) electrons. The fourth-order valence-corrected chi connectivity index (χ4v) is 5.12. The van der Waals surface area contributed by atoms with Crippen molar-refractivity contribution in [3.05, 3.63) is 81.6 Å². The topological polar surface area (TPSA) is 58.0 Å². The highest BCUT2D eigenvalue weighted by atomic mass is 32.1. The summed E-state index contributed by atoms with van der Waals surface area (Å²) in [5.41, 5.74) is 3.25. The van der Waals surface area contributed by atoms with Gasteiger partial charge in [-0.3, -0.25) is 0 Å². The Kier molecular flexibility index (Phi) is 5.17. The van der Waals surface area contributed by atoms with E-state index in [2.05, 4.69) is 6.07 Å². The first-order valence-electron chi connectivity index (χ1n) is 9.61. The van der Waals surface area contributed by atoms with E-state index in [1.54, 1.807) is 48.8 Å². The molecule has 0 unspecified atom stereocenters. The number of thiophene rings is 1. The number of anilines is 1. The van der Waals surface area contributed by atoms with Crippen molar-refractivity contribution in [2.45, 2.75) is 12.5 Å². The summed E-state index contributed by atoms with van der Waals surface area (Å²) in [6.07, 6.45) is 0.703. The van der Waals surface area contributed by atoms with Gasteiger partial charge < -0.3 is 9.84 Å². The number of nitrogens with zero attached hydrogens (tertiary/aromatic N) is 3. The summed E-state index contributed by atoms with van der Waals surface area (Å²) in [4.78, 5) is 5.86. The second-order valence-corrected chi connectivity index (χ2v) is 8.82. The van der Waals surface area contributed by atoms with Gasteiger partial charge in [-0.2, -0.15) is 5.10 Å². The fourth-order valence-electron chi connectivity index (χ4n) is 3.57. The number of thiazole rings is 1. The molecular weight excluding hydrogens is 433 g/mol. The fraction of sp³-hybridized carbons (Fsp3) is 0.130. The quantitative estimate of drug-likeness (QED) is 0.399. The minimum Gasteiger partial charge on any atom is -0.507 e. The van der Waals surface area contributed by atoms with E-state index in [-0.39, 0.29) is 17.6 Å². The number of methoxy groups -OCH3 is 1. The van der Waals surface area contributed by atoms with Crippen LogP contribution in [0.5, 0.6) is 11.5 Å². The Morgan fingerprint density at radius 1 is 1.13 bits per heavy atom. The van der Waals surface area contributed by atoms with Gasteiger partial charge in [-0.25, -0.2) is 14.4 Å². The van der Waals surface area contributed by atoms with Crippen molar-refractivity contribution < 1.29 is 14.2 Å². The monoisotopic (exact) mass is 451 g/mol. The Bertz CT molecular complexity index is 1240. The van der Waals surface area contributed by atoms with Crippen LogP contribution in [0.4, 0.5) is 9.52 Å². The van der Waals surface area contributed by atoms with Crippen LogP contribution in [0.2, 0.25) is 0 Å². The molecule has 8 heteroatoms. The van der Waals surface area contributed by atoms with Crippen LogP contribution in [0.15, 0.2) is 70.5 Å². The molecule has 0 saturated carbocycles. The van der Waals surface area contributed by atoms with Crippen LogP contribution in [0.3, 0.4) is 0 Å². The molecule has 1 aliphatic rings. The zero-order valence-electron chi connectivity index (χ0n) is 16.5. The van der Waals surface area contributed by atoms with Gasteiger partial charge in [0.05, 0.1) is 29.4 Å². The lowest BCUT2D eigenvalue weighted by Gasteiger charge is -2.21. The normalized spacial score (nSPS) is 15.9. The lowest BCUT2D eigenvalue weighted by Crippen LogP contribution is -2.18. The molecule has 31 heavy (non-hydrogen) atoms. The Morgan fingerprint density at radius 3 is 2.68 bits per heavy atom. The van der Waals surface area contributed by atoms with Gasteiger partial charge in [-0.15, -0.1) is 22.7 Å². The molecule has 4 aromatic rings. The SMILES string of the molecule is COc1ccc(-c2csc(N3N=C(c4cccs4)C[C@@H]3c3ccc(F)cc3)n2)c(O)c1. The van der Waals surface area contributed by atoms with Crippen molar-refractivity contribution in [2.75, 3.05) is 12.1 Å². The number of aromatic nitrogens is 1. The van der Waals surface area contributed by atoms with Gasteiger partial charge >= 0.3 is 0 Å². The number of hydrogen-bond donors (Lipinski definition) is 1. The summed E-state index contributed by atoms with van der Waals surface area (Å²) >= 11 is 3.10. The van der Waals surface area contributed by atoms with Crippen LogP contribution in [-0.4, -0.2) is 22.9 Å². The minimum atomic E-state index is -0.265. The van der Waals surface area contributed by atoms with Gasteiger partial charge in [0, 0.05) is 23.4 Å². The zero-order chi connectivity index (χ0) is 21.4. The Balaban J connectivity index is 1.52. The molecule has 0 bridgehead atoms. The average Bonchev–Trinajstić information content (AvgIpc) is 3.53. The van der Waals surface area contributed by atoms with Crippen LogP contribution in [0.1, 0.15) is 22.9 Å². The second kappa shape index (κ2) is 8.13. The molecule has 3 heterocycles. The molecule has 0 spiro atoms. The summed E-state index contributed by atoms with van der Waals surface area (Å²) in [7, 11) is 1.56. The van der Waals surface area contributed by atoms with Gasteiger partial charge in [0.25, 0.3) is 0 Å². The van der Waals surface area contributed by atoms with E-state index >= 15 is 0 Å². The first-order valence-corrected chi connectivity index (χ1v) is 11.4. The first kappa shape index (κ1) is 19.7. The highest BCUT2D eigenvalue weighted by Crippen LogP contribution is 2.41. The molecule has 0 aliphatic carbocycles. The molecule has 5 nitrogen and oxygen atoms in total. The van der Waals surface area contributed by atoms with Gasteiger partial charge in [0.1, 0.15) is 17.3 Å². The second-order valence-electron chi connectivity index (χ2n) is 7.04. The third-order valence-corrected chi connectivity index (χ3v) is 6.89. The van der Waals surface area contributed by atoms with Crippen molar-refractivity contribution in [1.82, 2.24) is 4.98 Å². The molecule has 0 fully saturated rings. The maximum absolute atomic E-state index is 13.5.